The second-order valence-electron chi connectivity index (χ2n) is 8.07. The Kier molecular flexibility index (Phi) is 7.05. The van der Waals surface area contributed by atoms with Crippen molar-refractivity contribution >= 4 is 17.4 Å². The van der Waals surface area contributed by atoms with Gasteiger partial charge in [-0.1, -0.05) is 47.1 Å². The van der Waals surface area contributed by atoms with Crippen molar-refractivity contribution in [2.24, 2.45) is 5.92 Å². The molecule has 0 saturated carbocycles. The smallest absolute Gasteiger partial charge is 0.166 e. The lowest BCUT2D eigenvalue weighted by molar-refractivity contribution is 0.0956. The van der Waals surface area contributed by atoms with Crippen molar-refractivity contribution in [3.05, 3.63) is 70.9 Å². The first-order valence-corrected chi connectivity index (χ1v) is 11.1. The second kappa shape index (κ2) is 10.1. The first-order chi connectivity index (χ1) is 15.1. The number of Topliss-reactive ketones (excluding diaryl/α,β-unsaturated/α-hetero) is 1. The number of likely N-dealkylation sites (tertiary alicyclic amines) is 1. The number of hydrogen-bond acceptors (Lipinski definition) is 5. The summed E-state index contributed by atoms with van der Waals surface area (Å²) in [6, 6.07) is 17.3. The zero-order chi connectivity index (χ0) is 21.6. The number of carbonyl (C=O) groups is 1. The molecule has 0 aliphatic carbocycles. The number of nitrogens with zero attached hydrogens (tertiary/aromatic N) is 2. The molecular formula is C25H27ClN2O3. The predicted molar refractivity (Wildman–Crippen MR) is 122 cm³/mol. The summed E-state index contributed by atoms with van der Waals surface area (Å²) in [5, 5.41) is 4.78. The van der Waals surface area contributed by atoms with Crippen LogP contribution in [0.1, 0.15) is 41.8 Å². The molecule has 0 bridgehead atoms. The van der Waals surface area contributed by atoms with E-state index in [2.05, 4.69) is 10.1 Å². The van der Waals surface area contributed by atoms with Gasteiger partial charge in [0.2, 0.25) is 0 Å². The summed E-state index contributed by atoms with van der Waals surface area (Å²) in [7, 11) is 1.56. The molecule has 0 N–H and O–H groups in total. The molecule has 0 atom stereocenters. The van der Waals surface area contributed by atoms with Crippen LogP contribution in [0.25, 0.3) is 11.3 Å². The van der Waals surface area contributed by atoms with Crippen LogP contribution in [-0.4, -0.2) is 36.0 Å². The predicted octanol–water partition coefficient (Wildman–Crippen LogP) is 5.88. The molecule has 4 rings (SSSR count). The lowest BCUT2D eigenvalue weighted by Gasteiger charge is -2.31. The average molecular weight is 439 g/mol. The highest BCUT2D eigenvalue weighted by molar-refractivity contribution is 6.30. The normalized spacial score (nSPS) is 15.2. The Hall–Kier alpha value is -2.63. The molecule has 3 aromatic rings. The molecule has 2 heterocycles. The largest absolute Gasteiger partial charge is 0.496 e. The summed E-state index contributed by atoms with van der Waals surface area (Å²) in [6.45, 7) is 2.78. The topological polar surface area (TPSA) is 55.6 Å². The first-order valence-electron chi connectivity index (χ1n) is 10.7. The summed E-state index contributed by atoms with van der Waals surface area (Å²) < 4.78 is 10.9. The molecule has 0 amide bonds. The molecule has 1 saturated heterocycles. The lowest BCUT2D eigenvalue weighted by Crippen LogP contribution is -2.33. The highest BCUT2D eigenvalue weighted by atomic mass is 35.5. The molecule has 0 radical (unpaired) electrons. The highest BCUT2D eigenvalue weighted by Crippen LogP contribution is 2.28. The maximum absolute atomic E-state index is 12.7. The van der Waals surface area contributed by atoms with Gasteiger partial charge >= 0.3 is 0 Å². The van der Waals surface area contributed by atoms with Gasteiger partial charge in [0.05, 0.1) is 19.2 Å². The first kappa shape index (κ1) is 21.6. The highest BCUT2D eigenvalue weighted by Gasteiger charge is 2.22. The van der Waals surface area contributed by atoms with E-state index in [4.69, 9.17) is 20.9 Å². The standard InChI is InChI=1S/C25H27ClN2O3/c1-30-25-15-20(26)8-9-22(25)24(29)10-7-18-11-13-28(14-12-18)17-21-16-23(27-31-21)19-5-3-2-4-6-19/h2-6,8-9,15-16,18H,7,10-14,17H2,1H3. The number of rotatable bonds is 8. The van der Waals surface area contributed by atoms with Crippen molar-refractivity contribution in [1.82, 2.24) is 10.1 Å². The van der Waals surface area contributed by atoms with Gasteiger partial charge in [-0.05, 0) is 56.5 Å². The van der Waals surface area contributed by atoms with Crippen molar-refractivity contribution in [2.45, 2.75) is 32.2 Å². The summed E-state index contributed by atoms with van der Waals surface area (Å²) in [5.74, 6) is 2.12. The Bertz CT molecular complexity index is 1010. The van der Waals surface area contributed by atoms with Gasteiger partial charge in [0, 0.05) is 23.1 Å². The van der Waals surface area contributed by atoms with Crippen molar-refractivity contribution in [3.63, 3.8) is 0 Å². The molecule has 162 valence electrons. The van der Waals surface area contributed by atoms with E-state index in [0.717, 1.165) is 55.9 Å². The van der Waals surface area contributed by atoms with Crippen LogP contribution in [0.3, 0.4) is 0 Å². The van der Waals surface area contributed by atoms with Crippen molar-refractivity contribution in [2.75, 3.05) is 20.2 Å². The fraction of sp³-hybridized carbons (Fsp3) is 0.360. The van der Waals surface area contributed by atoms with Crippen LogP contribution in [0.15, 0.2) is 59.1 Å². The van der Waals surface area contributed by atoms with E-state index in [1.165, 1.54) is 0 Å². The molecule has 0 unspecified atom stereocenters. The minimum absolute atomic E-state index is 0.117. The molecule has 2 aromatic carbocycles. The quantitative estimate of drug-likeness (QED) is 0.411. The average Bonchev–Trinajstić information content (AvgIpc) is 3.27. The maximum atomic E-state index is 12.7. The maximum Gasteiger partial charge on any atom is 0.166 e. The van der Waals surface area contributed by atoms with E-state index in [9.17, 15) is 4.79 Å². The van der Waals surface area contributed by atoms with Gasteiger partial charge in [0.25, 0.3) is 0 Å². The van der Waals surface area contributed by atoms with E-state index in [1.54, 1.807) is 25.3 Å². The third kappa shape index (κ3) is 5.54. The monoisotopic (exact) mass is 438 g/mol. The number of hydrogen-bond donors (Lipinski definition) is 0. The van der Waals surface area contributed by atoms with Crippen molar-refractivity contribution in [3.8, 4) is 17.0 Å². The third-order valence-corrected chi connectivity index (χ3v) is 6.19. The molecule has 1 aliphatic rings. The van der Waals surface area contributed by atoms with Gasteiger partial charge in [-0.25, -0.2) is 0 Å². The van der Waals surface area contributed by atoms with Crippen LogP contribution in [0.2, 0.25) is 5.02 Å². The number of methoxy groups -OCH3 is 1. The summed E-state index contributed by atoms with van der Waals surface area (Å²) in [4.78, 5) is 15.0. The Morgan fingerprint density at radius 3 is 2.68 bits per heavy atom. The van der Waals surface area contributed by atoms with Gasteiger partial charge < -0.3 is 9.26 Å². The van der Waals surface area contributed by atoms with Crippen LogP contribution in [-0.2, 0) is 6.54 Å². The zero-order valence-electron chi connectivity index (χ0n) is 17.7. The molecule has 1 aliphatic heterocycles. The molecule has 1 aromatic heterocycles. The Morgan fingerprint density at radius 2 is 1.94 bits per heavy atom. The Morgan fingerprint density at radius 1 is 1.16 bits per heavy atom. The Labute approximate surface area is 187 Å². The molecule has 6 heteroatoms. The van der Waals surface area contributed by atoms with Crippen LogP contribution in [0.4, 0.5) is 0 Å². The summed E-state index contributed by atoms with van der Waals surface area (Å²) in [5.41, 5.74) is 2.56. The van der Waals surface area contributed by atoms with Crippen LogP contribution >= 0.6 is 11.6 Å². The number of piperidine rings is 1. The SMILES string of the molecule is COc1cc(Cl)ccc1C(=O)CCC1CCN(Cc2cc(-c3ccccc3)no2)CC1. The van der Waals surface area contributed by atoms with E-state index in [1.807, 2.05) is 36.4 Å². The summed E-state index contributed by atoms with van der Waals surface area (Å²) in [6.07, 6.45) is 3.61. The lowest BCUT2D eigenvalue weighted by atomic mass is 9.90. The van der Waals surface area contributed by atoms with Gasteiger partial charge in [-0.3, -0.25) is 9.69 Å². The number of ketones is 1. The van der Waals surface area contributed by atoms with E-state index in [-0.39, 0.29) is 5.78 Å². The van der Waals surface area contributed by atoms with Crippen LogP contribution < -0.4 is 4.74 Å². The number of halogens is 1. The third-order valence-electron chi connectivity index (χ3n) is 5.96. The number of ether oxygens (including phenoxy) is 1. The van der Waals surface area contributed by atoms with Crippen molar-refractivity contribution in [1.29, 1.82) is 0 Å². The van der Waals surface area contributed by atoms with Gasteiger partial charge in [0.15, 0.2) is 11.5 Å². The van der Waals surface area contributed by atoms with Gasteiger partial charge in [-0.15, -0.1) is 0 Å². The van der Waals surface area contributed by atoms with Crippen LogP contribution in [0, 0.1) is 5.92 Å². The molecule has 0 spiro atoms. The molecule has 5 nitrogen and oxygen atoms in total. The molecule has 31 heavy (non-hydrogen) atoms. The number of benzene rings is 2. The van der Waals surface area contributed by atoms with E-state index < -0.39 is 0 Å². The minimum Gasteiger partial charge on any atom is -0.496 e. The van der Waals surface area contributed by atoms with E-state index in [0.29, 0.717) is 28.7 Å². The Balaban J connectivity index is 1.24. The molecule has 1 fully saturated rings. The number of aromatic nitrogens is 1. The van der Waals surface area contributed by atoms with Crippen molar-refractivity contribution < 1.29 is 14.1 Å². The fourth-order valence-corrected chi connectivity index (χ4v) is 4.31. The fourth-order valence-electron chi connectivity index (χ4n) is 4.15. The molecular weight excluding hydrogens is 412 g/mol. The van der Waals surface area contributed by atoms with Gasteiger partial charge in [0.1, 0.15) is 11.4 Å². The minimum atomic E-state index is 0.117. The second-order valence-corrected chi connectivity index (χ2v) is 8.51. The summed E-state index contributed by atoms with van der Waals surface area (Å²) >= 11 is 6.00. The van der Waals surface area contributed by atoms with E-state index >= 15 is 0 Å². The van der Waals surface area contributed by atoms with Crippen LogP contribution in [0.5, 0.6) is 5.75 Å². The number of carbonyl (C=O) groups excluding carboxylic acids is 1. The zero-order valence-corrected chi connectivity index (χ0v) is 18.5. The van der Waals surface area contributed by atoms with Gasteiger partial charge in [-0.2, -0.15) is 0 Å².